The van der Waals surface area contributed by atoms with Crippen LogP contribution in [0.15, 0.2) is 36.4 Å². The summed E-state index contributed by atoms with van der Waals surface area (Å²) in [6.45, 7) is 3.82. The number of ether oxygens (including phenoxy) is 1. The lowest BCUT2D eigenvalue weighted by Gasteiger charge is -2.30. The van der Waals surface area contributed by atoms with E-state index in [1.807, 2.05) is 24.0 Å². The lowest BCUT2D eigenvalue weighted by atomic mass is 10.2. The zero-order valence-electron chi connectivity index (χ0n) is 11.7. The highest BCUT2D eigenvalue weighted by atomic mass is 32.1. The Hall–Kier alpha value is -1.72. The van der Waals surface area contributed by atoms with Crippen LogP contribution < -0.4 is 0 Å². The molecule has 1 amide bonds. The molecule has 1 aromatic heterocycles. The zero-order chi connectivity index (χ0) is 14.8. The molecule has 2 aromatic rings. The highest BCUT2D eigenvalue weighted by Gasteiger charge is 2.23. The van der Waals surface area contributed by atoms with Gasteiger partial charge >= 0.3 is 0 Å². The Bertz CT molecular complexity index is 638. The predicted octanol–water partition coefficient (Wildman–Crippen LogP) is 3.42. The van der Waals surface area contributed by atoms with Crippen LogP contribution in [0.5, 0.6) is 0 Å². The topological polar surface area (TPSA) is 29.5 Å². The fraction of sp³-hybridized carbons (Fsp3) is 0.312. The van der Waals surface area contributed by atoms with Crippen LogP contribution in [-0.2, 0) is 4.74 Å². The molecule has 0 aliphatic carbocycles. The zero-order valence-corrected chi connectivity index (χ0v) is 12.5. The Balaban J connectivity index is 1.78. The van der Waals surface area contributed by atoms with Gasteiger partial charge in [-0.1, -0.05) is 12.1 Å². The predicted molar refractivity (Wildman–Crippen MR) is 81.0 cm³/mol. The normalized spacial score (nSPS) is 18.8. The van der Waals surface area contributed by atoms with Gasteiger partial charge in [0.15, 0.2) is 0 Å². The van der Waals surface area contributed by atoms with E-state index >= 15 is 0 Å². The van der Waals surface area contributed by atoms with Gasteiger partial charge in [-0.15, -0.1) is 11.3 Å². The second kappa shape index (κ2) is 5.95. The number of hydrogen-bond acceptors (Lipinski definition) is 3. The van der Waals surface area contributed by atoms with Gasteiger partial charge < -0.3 is 9.64 Å². The van der Waals surface area contributed by atoms with Gasteiger partial charge in [0.1, 0.15) is 5.82 Å². The molecule has 21 heavy (non-hydrogen) atoms. The number of amides is 1. The van der Waals surface area contributed by atoms with Crippen molar-refractivity contribution >= 4 is 17.2 Å². The van der Waals surface area contributed by atoms with Gasteiger partial charge in [0, 0.05) is 18.0 Å². The van der Waals surface area contributed by atoms with Crippen molar-refractivity contribution in [3.8, 4) is 10.4 Å². The minimum atomic E-state index is -0.256. The number of carbonyl (C=O) groups excluding carboxylic acids is 1. The second-order valence-corrected chi connectivity index (χ2v) is 6.19. The van der Waals surface area contributed by atoms with Crippen LogP contribution in [0.2, 0.25) is 0 Å². The standard InChI is InChI=1S/C16H16FNO2S/c1-11-10-18(8-9-20-11)16(19)15-7-6-14(21-15)12-2-4-13(17)5-3-12/h2-7,11H,8-10H2,1H3/t11-/m1/s1. The third-order valence-corrected chi connectivity index (χ3v) is 4.60. The highest BCUT2D eigenvalue weighted by Crippen LogP contribution is 2.29. The number of nitrogens with zero attached hydrogens (tertiary/aromatic N) is 1. The first-order valence-electron chi connectivity index (χ1n) is 6.90. The molecule has 0 unspecified atom stereocenters. The van der Waals surface area contributed by atoms with E-state index < -0.39 is 0 Å². The first-order valence-corrected chi connectivity index (χ1v) is 7.72. The third-order valence-electron chi connectivity index (χ3n) is 3.47. The summed E-state index contributed by atoms with van der Waals surface area (Å²) < 4.78 is 18.4. The van der Waals surface area contributed by atoms with Crippen molar-refractivity contribution in [2.75, 3.05) is 19.7 Å². The molecule has 0 spiro atoms. The Labute approximate surface area is 127 Å². The Morgan fingerprint density at radius 3 is 2.76 bits per heavy atom. The largest absolute Gasteiger partial charge is 0.375 e. The van der Waals surface area contributed by atoms with E-state index in [1.54, 1.807) is 12.1 Å². The molecule has 3 rings (SSSR count). The molecule has 1 aromatic carbocycles. The Morgan fingerprint density at radius 1 is 1.29 bits per heavy atom. The van der Waals surface area contributed by atoms with E-state index in [1.165, 1.54) is 23.5 Å². The van der Waals surface area contributed by atoms with Crippen LogP contribution in [-0.4, -0.2) is 36.6 Å². The Morgan fingerprint density at radius 2 is 2.05 bits per heavy atom. The van der Waals surface area contributed by atoms with Gasteiger partial charge in [-0.05, 0) is 36.8 Å². The quantitative estimate of drug-likeness (QED) is 0.851. The van der Waals surface area contributed by atoms with Crippen molar-refractivity contribution in [1.29, 1.82) is 0 Å². The molecule has 1 aliphatic rings. The summed E-state index contributed by atoms with van der Waals surface area (Å²) in [6, 6.07) is 10.1. The van der Waals surface area contributed by atoms with E-state index in [-0.39, 0.29) is 17.8 Å². The number of halogens is 1. The molecule has 1 saturated heterocycles. The number of thiophene rings is 1. The van der Waals surface area contributed by atoms with Gasteiger partial charge in [0.2, 0.25) is 0 Å². The van der Waals surface area contributed by atoms with Crippen molar-refractivity contribution in [3.63, 3.8) is 0 Å². The van der Waals surface area contributed by atoms with Crippen LogP contribution in [0.4, 0.5) is 4.39 Å². The smallest absolute Gasteiger partial charge is 0.264 e. The average molecular weight is 305 g/mol. The van der Waals surface area contributed by atoms with Crippen molar-refractivity contribution in [2.24, 2.45) is 0 Å². The van der Waals surface area contributed by atoms with Crippen LogP contribution in [0.3, 0.4) is 0 Å². The van der Waals surface area contributed by atoms with Crippen molar-refractivity contribution in [3.05, 3.63) is 47.1 Å². The molecule has 5 heteroatoms. The highest BCUT2D eigenvalue weighted by molar-refractivity contribution is 7.17. The minimum Gasteiger partial charge on any atom is -0.375 e. The molecule has 1 aliphatic heterocycles. The van der Waals surface area contributed by atoms with Gasteiger partial charge in [-0.2, -0.15) is 0 Å². The maximum atomic E-state index is 12.9. The van der Waals surface area contributed by atoms with Gasteiger partial charge in [-0.25, -0.2) is 4.39 Å². The van der Waals surface area contributed by atoms with Crippen molar-refractivity contribution < 1.29 is 13.9 Å². The fourth-order valence-corrected chi connectivity index (χ4v) is 3.36. The summed E-state index contributed by atoms with van der Waals surface area (Å²) in [6.07, 6.45) is 0.0826. The minimum absolute atomic E-state index is 0.0449. The van der Waals surface area contributed by atoms with Crippen LogP contribution >= 0.6 is 11.3 Å². The Kier molecular flexibility index (Phi) is 4.03. The monoisotopic (exact) mass is 305 g/mol. The van der Waals surface area contributed by atoms with Crippen molar-refractivity contribution in [2.45, 2.75) is 13.0 Å². The molecular weight excluding hydrogens is 289 g/mol. The SMILES string of the molecule is C[C@@H]1CN(C(=O)c2ccc(-c3ccc(F)cc3)s2)CCO1. The lowest BCUT2D eigenvalue weighted by Crippen LogP contribution is -2.44. The molecule has 0 bridgehead atoms. The molecule has 0 radical (unpaired) electrons. The number of benzene rings is 1. The van der Waals surface area contributed by atoms with Crippen LogP contribution in [0.25, 0.3) is 10.4 Å². The molecule has 3 nitrogen and oxygen atoms in total. The van der Waals surface area contributed by atoms with E-state index in [4.69, 9.17) is 4.74 Å². The summed E-state index contributed by atoms with van der Waals surface area (Å²) in [4.78, 5) is 16.0. The maximum absolute atomic E-state index is 12.9. The number of hydrogen-bond donors (Lipinski definition) is 0. The van der Waals surface area contributed by atoms with Crippen LogP contribution in [0, 0.1) is 5.82 Å². The van der Waals surface area contributed by atoms with E-state index in [9.17, 15) is 9.18 Å². The average Bonchev–Trinajstić information content (AvgIpc) is 2.97. The summed E-state index contributed by atoms with van der Waals surface area (Å²) >= 11 is 1.44. The summed E-state index contributed by atoms with van der Waals surface area (Å²) in [5.74, 6) is -0.211. The molecule has 1 atom stereocenters. The molecular formula is C16H16FNO2S. The molecule has 0 N–H and O–H groups in total. The lowest BCUT2D eigenvalue weighted by molar-refractivity contribution is -0.0122. The molecule has 1 fully saturated rings. The first-order chi connectivity index (χ1) is 10.1. The third kappa shape index (κ3) is 3.14. The molecule has 0 saturated carbocycles. The van der Waals surface area contributed by atoms with Gasteiger partial charge in [-0.3, -0.25) is 4.79 Å². The number of rotatable bonds is 2. The van der Waals surface area contributed by atoms with E-state index in [0.717, 1.165) is 10.4 Å². The summed E-state index contributed by atoms with van der Waals surface area (Å²) in [5, 5.41) is 0. The first kappa shape index (κ1) is 14.2. The number of morpholine rings is 1. The van der Waals surface area contributed by atoms with Gasteiger partial charge in [0.05, 0.1) is 17.6 Å². The fourth-order valence-electron chi connectivity index (χ4n) is 2.38. The number of carbonyl (C=O) groups is 1. The van der Waals surface area contributed by atoms with Crippen molar-refractivity contribution in [1.82, 2.24) is 4.90 Å². The maximum Gasteiger partial charge on any atom is 0.264 e. The van der Waals surface area contributed by atoms with Crippen LogP contribution in [0.1, 0.15) is 16.6 Å². The van der Waals surface area contributed by atoms with E-state index in [0.29, 0.717) is 24.6 Å². The second-order valence-electron chi connectivity index (χ2n) is 5.10. The van der Waals surface area contributed by atoms with Gasteiger partial charge in [0.25, 0.3) is 5.91 Å². The molecule has 110 valence electrons. The van der Waals surface area contributed by atoms with E-state index in [2.05, 4.69) is 0 Å². The summed E-state index contributed by atoms with van der Waals surface area (Å²) in [5.41, 5.74) is 0.927. The molecule has 2 heterocycles. The summed E-state index contributed by atoms with van der Waals surface area (Å²) in [7, 11) is 0.